The molecule has 0 saturated carbocycles. The van der Waals surface area contributed by atoms with Crippen LogP contribution in [0.3, 0.4) is 0 Å². The van der Waals surface area contributed by atoms with Gasteiger partial charge in [-0.2, -0.15) is 0 Å². The normalized spacial score (nSPS) is 17.5. The Hall–Kier alpha value is -1.64. The van der Waals surface area contributed by atoms with Crippen LogP contribution in [0.2, 0.25) is 0 Å². The first-order valence-electron chi connectivity index (χ1n) is 7.45. The van der Waals surface area contributed by atoms with Gasteiger partial charge >= 0.3 is 0 Å². The van der Waals surface area contributed by atoms with Gasteiger partial charge in [-0.1, -0.05) is 6.07 Å². The van der Waals surface area contributed by atoms with Crippen molar-refractivity contribution in [3.8, 4) is 0 Å². The van der Waals surface area contributed by atoms with Crippen LogP contribution in [0.4, 0.5) is 11.4 Å². The summed E-state index contributed by atoms with van der Waals surface area (Å²) in [7, 11) is -3.58. The number of fused-ring (bicyclic) bond motifs is 1. The maximum absolute atomic E-state index is 12.5. The minimum Gasteiger partial charge on any atom is -0.467 e. The van der Waals surface area contributed by atoms with Gasteiger partial charge in [0.05, 0.1) is 5.69 Å². The predicted molar refractivity (Wildman–Crippen MR) is 102 cm³/mol. The van der Waals surface area contributed by atoms with Gasteiger partial charge in [-0.3, -0.25) is 4.72 Å². The first-order chi connectivity index (χ1) is 11.3. The lowest BCUT2D eigenvalue weighted by molar-refractivity contribution is 0.217. The topological polar surface area (TPSA) is 67.4 Å². The van der Waals surface area contributed by atoms with Crippen molar-refractivity contribution in [2.24, 2.45) is 0 Å². The van der Waals surface area contributed by atoms with E-state index in [2.05, 4.69) is 10.0 Å². The number of benzene rings is 1. The van der Waals surface area contributed by atoms with E-state index in [1.54, 1.807) is 17.5 Å². The summed E-state index contributed by atoms with van der Waals surface area (Å²) in [6.45, 7) is 5.78. The number of sulfonamides is 1. The maximum atomic E-state index is 12.5. The fraction of sp³-hybridized carbons (Fsp3) is 0.312. The van der Waals surface area contributed by atoms with E-state index in [1.807, 2.05) is 26.8 Å². The predicted octanol–water partition coefficient (Wildman–Crippen LogP) is 3.82. The quantitative estimate of drug-likeness (QED) is 0.790. The molecule has 1 unspecified atom stereocenters. The Morgan fingerprint density at radius 2 is 2.12 bits per heavy atom. The molecular formula is C16H18N2O3S3. The summed E-state index contributed by atoms with van der Waals surface area (Å²) >= 11 is 6.37. The second-order valence-corrected chi connectivity index (χ2v) is 9.02. The number of hydrogen-bond donors (Lipinski definition) is 2. The summed E-state index contributed by atoms with van der Waals surface area (Å²) in [5, 5.41) is 5.20. The van der Waals surface area contributed by atoms with E-state index in [0.717, 1.165) is 22.4 Å². The van der Waals surface area contributed by atoms with Gasteiger partial charge in [-0.25, -0.2) is 8.42 Å². The summed E-state index contributed by atoms with van der Waals surface area (Å²) in [6, 6.07) is 5.18. The van der Waals surface area contributed by atoms with Gasteiger partial charge in [-0.15, -0.1) is 11.3 Å². The van der Waals surface area contributed by atoms with Crippen LogP contribution in [0.1, 0.15) is 23.6 Å². The van der Waals surface area contributed by atoms with Gasteiger partial charge in [-0.05, 0) is 67.2 Å². The minimum atomic E-state index is -3.58. The van der Waals surface area contributed by atoms with Crippen LogP contribution in [0, 0.1) is 13.8 Å². The molecule has 2 aromatic rings. The van der Waals surface area contributed by atoms with Crippen molar-refractivity contribution < 1.29 is 13.2 Å². The van der Waals surface area contributed by atoms with Crippen molar-refractivity contribution in [2.45, 2.75) is 37.5 Å². The van der Waals surface area contributed by atoms with Crippen LogP contribution in [0.25, 0.3) is 0 Å². The van der Waals surface area contributed by atoms with Crippen LogP contribution in [0.5, 0.6) is 0 Å². The number of thiocarbonyl (C=S) groups is 1. The molecule has 5 nitrogen and oxygen atoms in total. The molecule has 3 rings (SSSR count). The van der Waals surface area contributed by atoms with Gasteiger partial charge in [0.1, 0.15) is 10.3 Å². The highest BCUT2D eigenvalue weighted by Crippen LogP contribution is 2.34. The lowest BCUT2D eigenvalue weighted by Gasteiger charge is -2.18. The molecule has 1 aromatic heterocycles. The van der Waals surface area contributed by atoms with Gasteiger partial charge < -0.3 is 10.1 Å². The highest BCUT2D eigenvalue weighted by atomic mass is 32.2. The van der Waals surface area contributed by atoms with Crippen LogP contribution < -0.4 is 10.0 Å². The van der Waals surface area contributed by atoms with Crippen LogP contribution in [-0.4, -0.2) is 19.7 Å². The molecule has 1 aromatic carbocycles. The monoisotopic (exact) mass is 382 g/mol. The van der Waals surface area contributed by atoms with Crippen molar-refractivity contribution in [3.63, 3.8) is 0 Å². The second kappa shape index (κ2) is 6.34. The molecule has 0 fully saturated rings. The van der Waals surface area contributed by atoms with Crippen molar-refractivity contribution >= 4 is 50.1 Å². The van der Waals surface area contributed by atoms with E-state index in [0.29, 0.717) is 21.5 Å². The lowest BCUT2D eigenvalue weighted by atomic mass is 9.97. The number of hydrogen-bond acceptors (Lipinski definition) is 5. The molecule has 1 aliphatic heterocycles. The van der Waals surface area contributed by atoms with E-state index < -0.39 is 10.0 Å². The molecule has 1 atom stereocenters. The number of anilines is 2. The third kappa shape index (κ3) is 3.26. The zero-order valence-corrected chi connectivity index (χ0v) is 16.0. The Morgan fingerprint density at radius 3 is 2.79 bits per heavy atom. The average molecular weight is 383 g/mol. The van der Waals surface area contributed by atoms with Crippen molar-refractivity contribution in [1.29, 1.82) is 0 Å². The molecule has 8 heteroatoms. The Labute approximate surface area is 151 Å². The maximum Gasteiger partial charge on any atom is 0.271 e. The highest BCUT2D eigenvalue weighted by molar-refractivity contribution is 7.94. The number of thiophene rings is 1. The largest absolute Gasteiger partial charge is 0.467 e. The van der Waals surface area contributed by atoms with Crippen LogP contribution in [0.15, 0.2) is 27.8 Å². The summed E-state index contributed by atoms with van der Waals surface area (Å²) in [5.74, 6) is 0. The van der Waals surface area contributed by atoms with E-state index in [9.17, 15) is 8.42 Å². The zero-order valence-electron chi connectivity index (χ0n) is 13.5. The molecule has 24 heavy (non-hydrogen) atoms. The molecule has 1 aliphatic rings. The van der Waals surface area contributed by atoms with E-state index in [1.165, 1.54) is 11.3 Å². The summed E-state index contributed by atoms with van der Waals surface area (Å²) in [6.07, 6.45) is 0.576. The van der Waals surface area contributed by atoms with E-state index in [-0.39, 0.29) is 6.10 Å². The first kappa shape index (κ1) is 17.2. The van der Waals surface area contributed by atoms with Gasteiger partial charge in [0.15, 0.2) is 0 Å². The molecule has 0 aliphatic carbocycles. The molecule has 128 valence electrons. The minimum absolute atomic E-state index is 0.0740. The molecule has 0 spiro atoms. The molecule has 0 saturated heterocycles. The van der Waals surface area contributed by atoms with E-state index in [4.69, 9.17) is 17.0 Å². The standard InChI is InChI=1S/C16H18N2O3S3/c1-9-7-12-8-13(18-24(19,20)14-5-4-6-23-14)10(2)11(3)15(12)17-16(22)21-9/h4-6,8-9,18H,7H2,1-3H3,(H,17,22). The summed E-state index contributed by atoms with van der Waals surface area (Å²) < 4.78 is 33.6. The number of ether oxygens (including phenoxy) is 1. The summed E-state index contributed by atoms with van der Waals surface area (Å²) in [5.41, 5.74) is 4.28. The fourth-order valence-corrected chi connectivity index (χ4v) is 5.08. The van der Waals surface area contributed by atoms with Crippen molar-refractivity contribution in [2.75, 3.05) is 10.0 Å². The molecule has 0 radical (unpaired) electrons. The number of rotatable bonds is 3. The third-order valence-corrected chi connectivity index (χ3v) is 6.99. The Bertz CT molecular complexity index is 890. The molecule has 0 bridgehead atoms. The Kier molecular flexibility index (Phi) is 4.54. The Balaban J connectivity index is 2.05. The van der Waals surface area contributed by atoms with Gasteiger partial charge in [0.25, 0.3) is 15.2 Å². The molecule has 2 N–H and O–H groups in total. The first-order valence-corrected chi connectivity index (χ1v) is 10.2. The lowest BCUT2D eigenvalue weighted by Crippen LogP contribution is -2.17. The second-order valence-electron chi connectivity index (χ2n) is 5.79. The highest BCUT2D eigenvalue weighted by Gasteiger charge is 2.23. The summed E-state index contributed by atoms with van der Waals surface area (Å²) in [4.78, 5) is 0. The van der Waals surface area contributed by atoms with Crippen LogP contribution in [-0.2, 0) is 21.2 Å². The Morgan fingerprint density at radius 1 is 1.38 bits per heavy atom. The smallest absolute Gasteiger partial charge is 0.271 e. The molecular weight excluding hydrogens is 364 g/mol. The van der Waals surface area contributed by atoms with Gasteiger partial charge in [0.2, 0.25) is 0 Å². The van der Waals surface area contributed by atoms with E-state index >= 15 is 0 Å². The van der Waals surface area contributed by atoms with Gasteiger partial charge in [0, 0.05) is 12.1 Å². The fourth-order valence-electron chi connectivity index (χ4n) is 2.70. The number of nitrogens with one attached hydrogen (secondary N) is 2. The third-order valence-electron chi connectivity index (χ3n) is 4.03. The van der Waals surface area contributed by atoms with Crippen LogP contribution >= 0.6 is 23.6 Å². The SMILES string of the molecule is Cc1c(NS(=O)(=O)c2cccs2)cc2c(c1C)NC(=S)OC(C)C2. The van der Waals surface area contributed by atoms with Crippen molar-refractivity contribution in [1.82, 2.24) is 0 Å². The van der Waals surface area contributed by atoms with Crippen molar-refractivity contribution in [3.05, 3.63) is 40.3 Å². The molecule has 2 heterocycles. The average Bonchev–Trinajstić information content (AvgIpc) is 2.99. The molecule has 0 amide bonds. The zero-order chi connectivity index (χ0) is 17.5.